The lowest BCUT2D eigenvalue weighted by Crippen LogP contribution is -2.26. The molecule has 0 saturated heterocycles. The Morgan fingerprint density at radius 3 is 2.73 bits per heavy atom. The average molecular weight is 207 g/mol. The van der Waals surface area contributed by atoms with Crippen LogP contribution in [0.5, 0.6) is 0 Å². The second kappa shape index (κ2) is 4.35. The van der Waals surface area contributed by atoms with Gasteiger partial charge in [-0.15, -0.1) is 0 Å². The lowest BCUT2D eigenvalue weighted by atomic mass is 10.1. The molecule has 0 spiro atoms. The monoisotopic (exact) mass is 207 g/mol. The van der Waals surface area contributed by atoms with E-state index in [2.05, 4.69) is 36.3 Å². The number of aryl methyl sites for hydroxylation is 2. The Morgan fingerprint density at radius 2 is 2.20 bits per heavy atom. The highest BCUT2D eigenvalue weighted by molar-refractivity contribution is 5.22. The van der Waals surface area contributed by atoms with Crippen LogP contribution in [-0.2, 0) is 6.54 Å². The van der Waals surface area contributed by atoms with Crippen molar-refractivity contribution in [1.82, 2.24) is 15.5 Å². The maximum absolute atomic E-state index is 4.21. The van der Waals surface area contributed by atoms with Gasteiger partial charge in [-0.1, -0.05) is 6.92 Å². The molecule has 1 saturated carbocycles. The van der Waals surface area contributed by atoms with Gasteiger partial charge in [-0.05, 0) is 39.0 Å². The first-order valence-electron chi connectivity index (χ1n) is 5.90. The maximum atomic E-state index is 4.21. The zero-order valence-electron chi connectivity index (χ0n) is 9.93. The zero-order valence-corrected chi connectivity index (χ0v) is 9.93. The van der Waals surface area contributed by atoms with Gasteiger partial charge in [-0.2, -0.15) is 5.10 Å². The van der Waals surface area contributed by atoms with E-state index >= 15 is 0 Å². The van der Waals surface area contributed by atoms with E-state index < -0.39 is 0 Å². The summed E-state index contributed by atoms with van der Waals surface area (Å²) in [6.45, 7) is 7.47. The van der Waals surface area contributed by atoms with Gasteiger partial charge in [0.2, 0.25) is 0 Å². The molecule has 0 aliphatic heterocycles. The van der Waals surface area contributed by atoms with E-state index in [1.165, 1.54) is 30.5 Å². The molecule has 1 fully saturated rings. The van der Waals surface area contributed by atoms with Crippen molar-refractivity contribution in [2.75, 3.05) is 0 Å². The van der Waals surface area contributed by atoms with Gasteiger partial charge >= 0.3 is 0 Å². The molecule has 0 amide bonds. The molecule has 1 aromatic heterocycles. The fourth-order valence-corrected chi connectivity index (χ4v) is 2.47. The van der Waals surface area contributed by atoms with E-state index in [9.17, 15) is 0 Å². The Morgan fingerprint density at radius 1 is 1.40 bits per heavy atom. The molecule has 15 heavy (non-hydrogen) atoms. The number of nitrogens with zero attached hydrogens (tertiary/aromatic N) is 1. The van der Waals surface area contributed by atoms with Gasteiger partial charge in [0.05, 0.1) is 5.69 Å². The third-order valence-electron chi connectivity index (χ3n) is 3.54. The first-order valence-corrected chi connectivity index (χ1v) is 5.90. The van der Waals surface area contributed by atoms with Crippen LogP contribution in [0, 0.1) is 19.8 Å². The number of rotatable bonds is 3. The predicted octanol–water partition coefficient (Wildman–Crippen LogP) is 2.30. The fraction of sp³-hybridized carbons (Fsp3) is 0.750. The molecular formula is C12H21N3. The maximum Gasteiger partial charge on any atom is 0.0638 e. The summed E-state index contributed by atoms with van der Waals surface area (Å²) in [6, 6.07) is 0.716. The number of aromatic amines is 1. The van der Waals surface area contributed by atoms with Crippen LogP contribution in [0.25, 0.3) is 0 Å². The highest BCUT2D eigenvalue weighted by Crippen LogP contribution is 2.25. The first kappa shape index (κ1) is 10.7. The average Bonchev–Trinajstić information content (AvgIpc) is 2.73. The lowest BCUT2D eigenvalue weighted by molar-refractivity contribution is 0.501. The molecule has 2 atom stereocenters. The topological polar surface area (TPSA) is 40.7 Å². The number of aromatic nitrogens is 2. The van der Waals surface area contributed by atoms with Crippen LogP contribution in [0.1, 0.15) is 43.1 Å². The minimum atomic E-state index is 0.716. The molecule has 3 nitrogen and oxygen atoms in total. The van der Waals surface area contributed by atoms with Crippen molar-refractivity contribution in [2.45, 2.75) is 52.6 Å². The van der Waals surface area contributed by atoms with Crippen molar-refractivity contribution in [3.63, 3.8) is 0 Å². The Labute approximate surface area is 91.7 Å². The van der Waals surface area contributed by atoms with Crippen molar-refractivity contribution in [2.24, 2.45) is 5.92 Å². The molecule has 2 unspecified atom stereocenters. The SMILES string of the molecule is Cc1n[nH]c(C)c1CNC1CCC(C)C1. The van der Waals surface area contributed by atoms with Gasteiger partial charge in [0.1, 0.15) is 0 Å². The van der Waals surface area contributed by atoms with Crippen LogP contribution >= 0.6 is 0 Å². The van der Waals surface area contributed by atoms with E-state index in [1.807, 2.05) is 0 Å². The highest BCUT2D eigenvalue weighted by atomic mass is 15.1. The molecule has 1 aliphatic rings. The Kier molecular flexibility index (Phi) is 3.10. The highest BCUT2D eigenvalue weighted by Gasteiger charge is 2.21. The van der Waals surface area contributed by atoms with Gasteiger partial charge in [0, 0.05) is 23.8 Å². The van der Waals surface area contributed by atoms with E-state index in [0.717, 1.165) is 18.2 Å². The summed E-state index contributed by atoms with van der Waals surface area (Å²) < 4.78 is 0. The standard InChI is InChI=1S/C12H21N3/c1-8-4-5-11(6-8)13-7-12-9(2)14-15-10(12)3/h8,11,13H,4-7H2,1-3H3,(H,14,15). The summed E-state index contributed by atoms with van der Waals surface area (Å²) >= 11 is 0. The second-order valence-electron chi connectivity index (χ2n) is 4.91. The van der Waals surface area contributed by atoms with Gasteiger partial charge in [0.25, 0.3) is 0 Å². The van der Waals surface area contributed by atoms with Crippen molar-refractivity contribution in [3.05, 3.63) is 17.0 Å². The van der Waals surface area contributed by atoms with Crippen molar-refractivity contribution in [1.29, 1.82) is 0 Å². The van der Waals surface area contributed by atoms with E-state index in [4.69, 9.17) is 0 Å². The minimum Gasteiger partial charge on any atom is -0.310 e. The fourth-order valence-electron chi connectivity index (χ4n) is 2.47. The summed E-state index contributed by atoms with van der Waals surface area (Å²) in [4.78, 5) is 0. The van der Waals surface area contributed by atoms with Crippen LogP contribution < -0.4 is 5.32 Å². The molecule has 1 aliphatic carbocycles. The van der Waals surface area contributed by atoms with Crippen LogP contribution in [0.15, 0.2) is 0 Å². The summed E-state index contributed by atoms with van der Waals surface area (Å²) in [5.41, 5.74) is 3.67. The van der Waals surface area contributed by atoms with Crippen LogP contribution in [0.2, 0.25) is 0 Å². The molecule has 3 heteroatoms. The third kappa shape index (κ3) is 2.40. The molecule has 84 valence electrons. The van der Waals surface area contributed by atoms with E-state index in [1.54, 1.807) is 0 Å². The minimum absolute atomic E-state index is 0.716. The van der Waals surface area contributed by atoms with Gasteiger partial charge in [0.15, 0.2) is 0 Å². The van der Waals surface area contributed by atoms with E-state index in [-0.39, 0.29) is 0 Å². The van der Waals surface area contributed by atoms with Crippen LogP contribution in [0.4, 0.5) is 0 Å². The quantitative estimate of drug-likeness (QED) is 0.798. The molecular weight excluding hydrogens is 186 g/mol. The summed E-state index contributed by atoms with van der Waals surface area (Å²) in [5.74, 6) is 0.897. The first-order chi connectivity index (χ1) is 7.16. The van der Waals surface area contributed by atoms with Crippen LogP contribution in [0.3, 0.4) is 0 Å². The number of nitrogens with one attached hydrogen (secondary N) is 2. The molecule has 2 rings (SSSR count). The Bertz CT molecular complexity index is 310. The van der Waals surface area contributed by atoms with Crippen molar-refractivity contribution < 1.29 is 0 Å². The van der Waals surface area contributed by atoms with Gasteiger partial charge in [-0.3, -0.25) is 5.10 Å². The summed E-state index contributed by atoms with van der Waals surface area (Å²) in [5, 5.41) is 10.9. The van der Waals surface area contributed by atoms with Crippen molar-refractivity contribution in [3.8, 4) is 0 Å². The van der Waals surface area contributed by atoms with E-state index in [0.29, 0.717) is 6.04 Å². The molecule has 0 aromatic carbocycles. The molecule has 0 radical (unpaired) electrons. The summed E-state index contributed by atoms with van der Waals surface area (Å²) in [7, 11) is 0. The molecule has 1 heterocycles. The smallest absolute Gasteiger partial charge is 0.0638 e. The van der Waals surface area contributed by atoms with Gasteiger partial charge < -0.3 is 5.32 Å². The predicted molar refractivity (Wildman–Crippen MR) is 61.7 cm³/mol. The lowest BCUT2D eigenvalue weighted by Gasteiger charge is -2.12. The number of H-pyrrole nitrogens is 1. The number of hydrogen-bond donors (Lipinski definition) is 2. The van der Waals surface area contributed by atoms with Gasteiger partial charge in [-0.25, -0.2) is 0 Å². The third-order valence-corrected chi connectivity index (χ3v) is 3.54. The van der Waals surface area contributed by atoms with Crippen LogP contribution in [-0.4, -0.2) is 16.2 Å². The second-order valence-corrected chi connectivity index (χ2v) is 4.91. The Hall–Kier alpha value is -0.830. The van der Waals surface area contributed by atoms with Crippen molar-refractivity contribution >= 4 is 0 Å². The normalized spacial score (nSPS) is 26.1. The zero-order chi connectivity index (χ0) is 10.8. The largest absolute Gasteiger partial charge is 0.310 e. The summed E-state index contributed by atoms with van der Waals surface area (Å²) in [6.07, 6.45) is 4.04. The Balaban J connectivity index is 1.88. The molecule has 0 bridgehead atoms. The molecule has 2 N–H and O–H groups in total. The number of hydrogen-bond acceptors (Lipinski definition) is 2. The molecule has 1 aromatic rings.